The first kappa shape index (κ1) is 15.9. The Kier molecular flexibility index (Phi) is 6.77. The number of ether oxygens (including phenoxy) is 1. The van der Waals surface area contributed by atoms with E-state index in [2.05, 4.69) is 23.3 Å². The van der Waals surface area contributed by atoms with Crippen molar-refractivity contribution in [3.63, 3.8) is 0 Å². The largest absolute Gasteiger partial charge is 0.389 e. The maximum Gasteiger partial charge on any atom is 0.104 e. The van der Waals surface area contributed by atoms with Crippen LogP contribution in [0, 0.1) is 6.92 Å². The first-order valence-electron chi connectivity index (χ1n) is 6.36. The topological polar surface area (TPSA) is 50.5 Å². The molecular formula is C14H23N3OS. The van der Waals surface area contributed by atoms with Gasteiger partial charge in [-0.3, -0.25) is 0 Å². The van der Waals surface area contributed by atoms with Gasteiger partial charge < -0.3 is 20.7 Å². The molecule has 0 saturated heterocycles. The van der Waals surface area contributed by atoms with Crippen molar-refractivity contribution in [3.8, 4) is 0 Å². The molecule has 0 heterocycles. The average molecular weight is 281 g/mol. The van der Waals surface area contributed by atoms with Gasteiger partial charge in [-0.15, -0.1) is 0 Å². The lowest BCUT2D eigenvalue weighted by molar-refractivity contribution is 0.163. The third-order valence-corrected chi connectivity index (χ3v) is 3.21. The van der Waals surface area contributed by atoms with Gasteiger partial charge >= 0.3 is 0 Å². The van der Waals surface area contributed by atoms with Crippen LogP contribution in [0.2, 0.25) is 0 Å². The highest BCUT2D eigenvalue weighted by atomic mass is 32.1. The van der Waals surface area contributed by atoms with Gasteiger partial charge in [0.25, 0.3) is 0 Å². The number of nitrogens with two attached hydrogens (primary N) is 1. The monoisotopic (exact) mass is 281 g/mol. The molecule has 0 saturated carbocycles. The van der Waals surface area contributed by atoms with Crippen LogP contribution in [0.15, 0.2) is 18.2 Å². The molecule has 3 N–H and O–H groups in total. The van der Waals surface area contributed by atoms with Crippen molar-refractivity contribution < 1.29 is 4.74 Å². The van der Waals surface area contributed by atoms with E-state index in [4.69, 9.17) is 22.7 Å². The SMILES string of the molecule is COCCN(C)CCNc1ccc(C(N)=S)c(C)c1. The van der Waals surface area contributed by atoms with E-state index in [0.717, 1.165) is 43.1 Å². The second kappa shape index (κ2) is 8.09. The number of methoxy groups -OCH3 is 1. The second-order valence-electron chi connectivity index (χ2n) is 4.62. The number of likely N-dealkylation sites (N-methyl/N-ethyl adjacent to an activating group) is 1. The summed E-state index contributed by atoms with van der Waals surface area (Å²) in [5, 5.41) is 3.39. The zero-order chi connectivity index (χ0) is 14.3. The molecule has 106 valence electrons. The van der Waals surface area contributed by atoms with E-state index in [1.807, 2.05) is 19.1 Å². The van der Waals surface area contributed by atoms with Crippen LogP contribution in [0.25, 0.3) is 0 Å². The van der Waals surface area contributed by atoms with Crippen molar-refractivity contribution in [1.82, 2.24) is 4.90 Å². The molecule has 0 aliphatic heterocycles. The van der Waals surface area contributed by atoms with Gasteiger partial charge in [-0.25, -0.2) is 0 Å². The van der Waals surface area contributed by atoms with Gasteiger partial charge in [-0.2, -0.15) is 0 Å². The summed E-state index contributed by atoms with van der Waals surface area (Å²) in [5.74, 6) is 0. The fourth-order valence-corrected chi connectivity index (χ4v) is 2.03. The van der Waals surface area contributed by atoms with Crippen LogP contribution in [0.1, 0.15) is 11.1 Å². The average Bonchev–Trinajstić information content (AvgIpc) is 2.36. The maximum atomic E-state index is 5.64. The van der Waals surface area contributed by atoms with E-state index >= 15 is 0 Å². The lowest BCUT2D eigenvalue weighted by Gasteiger charge is -2.17. The van der Waals surface area contributed by atoms with Gasteiger partial charge in [0.2, 0.25) is 0 Å². The Hall–Kier alpha value is -1.17. The molecule has 0 spiro atoms. The number of hydrogen-bond acceptors (Lipinski definition) is 4. The first-order chi connectivity index (χ1) is 9.04. The highest BCUT2D eigenvalue weighted by molar-refractivity contribution is 7.80. The fraction of sp³-hybridized carbons (Fsp3) is 0.500. The normalized spacial score (nSPS) is 10.7. The molecule has 4 nitrogen and oxygen atoms in total. The van der Waals surface area contributed by atoms with Gasteiger partial charge in [0.1, 0.15) is 4.99 Å². The number of aryl methyl sites for hydroxylation is 1. The predicted molar refractivity (Wildman–Crippen MR) is 84.9 cm³/mol. The Balaban J connectivity index is 2.42. The minimum atomic E-state index is 0.448. The molecule has 0 atom stereocenters. The number of hydrogen-bond donors (Lipinski definition) is 2. The molecular weight excluding hydrogens is 258 g/mol. The lowest BCUT2D eigenvalue weighted by atomic mass is 10.1. The van der Waals surface area contributed by atoms with E-state index in [-0.39, 0.29) is 0 Å². The van der Waals surface area contributed by atoms with E-state index in [1.54, 1.807) is 7.11 Å². The summed E-state index contributed by atoms with van der Waals surface area (Å²) in [6.07, 6.45) is 0. The molecule has 5 heteroatoms. The van der Waals surface area contributed by atoms with Crippen LogP contribution in [-0.2, 0) is 4.74 Å². The summed E-state index contributed by atoms with van der Waals surface area (Å²) < 4.78 is 5.04. The maximum absolute atomic E-state index is 5.64. The first-order valence-corrected chi connectivity index (χ1v) is 6.77. The highest BCUT2D eigenvalue weighted by Gasteiger charge is 2.03. The van der Waals surface area contributed by atoms with Gasteiger partial charge in [0, 0.05) is 38.0 Å². The standard InChI is InChI=1S/C14H23N3OS/c1-11-10-12(4-5-13(11)14(15)19)16-6-7-17(2)8-9-18-3/h4-5,10,16H,6-9H2,1-3H3,(H2,15,19). The predicted octanol–water partition coefficient (Wildman–Crippen LogP) is 1.62. The van der Waals surface area contributed by atoms with E-state index in [9.17, 15) is 0 Å². The van der Waals surface area contributed by atoms with Gasteiger partial charge in [-0.1, -0.05) is 12.2 Å². The van der Waals surface area contributed by atoms with Crippen molar-refractivity contribution in [2.24, 2.45) is 5.73 Å². The molecule has 0 aromatic heterocycles. The van der Waals surface area contributed by atoms with Crippen molar-refractivity contribution >= 4 is 22.9 Å². The highest BCUT2D eigenvalue weighted by Crippen LogP contribution is 2.14. The van der Waals surface area contributed by atoms with Crippen LogP contribution in [0.3, 0.4) is 0 Å². The Morgan fingerprint density at radius 3 is 2.74 bits per heavy atom. The summed E-state index contributed by atoms with van der Waals surface area (Å²) in [5.41, 5.74) is 8.78. The van der Waals surface area contributed by atoms with Crippen LogP contribution >= 0.6 is 12.2 Å². The number of nitrogens with one attached hydrogen (secondary N) is 1. The Labute approximate surface area is 120 Å². The van der Waals surface area contributed by atoms with Crippen molar-refractivity contribution in [3.05, 3.63) is 29.3 Å². The van der Waals surface area contributed by atoms with Crippen molar-refractivity contribution in [2.45, 2.75) is 6.92 Å². The summed E-state index contributed by atoms with van der Waals surface area (Å²) in [7, 11) is 3.81. The molecule has 0 bridgehead atoms. The molecule has 0 amide bonds. The molecule has 0 aliphatic carbocycles. The molecule has 0 aliphatic rings. The molecule has 0 radical (unpaired) electrons. The molecule has 1 rings (SSSR count). The van der Waals surface area contributed by atoms with Gasteiger partial charge in [0.15, 0.2) is 0 Å². The van der Waals surface area contributed by atoms with E-state index in [0.29, 0.717) is 4.99 Å². The summed E-state index contributed by atoms with van der Waals surface area (Å²) in [4.78, 5) is 2.68. The molecule has 0 fully saturated rings. The van der Waals surface area contributed by atoms with Crippen LogP contribution in [-0.4, -0.2) is 50.3 Å². The molecule has 0 unspecified atom stereocenters. The molecule has 19 heavy (non-hydrogen) atoms. The number of thiocarbonyl (C=S) groups is 1. The minimum absolute atomic E-state index is 0.448. The Morgan fingerprint density at radius 2 is 2.16 bits per heavy atom. The van der Waals surface area contributed by atoms with Crippen LogP contribution in [0.4, 0.5) is 5.69 Å². The third-order valence-electron chi connectivity index (χ3n) is 2.99. The van der Waals surface area contributed by atoms with Crippen LogP contribution < -0.4 is 11.1 Å². The number of rotatable bonds is 8. The van der Waals surface area contributed by atoms with E-state index < -0.39 is 0 Å². The Morgan fingerprint density at radius 1 is 1.42 bits per heavy atom. The van der Waals surface area contributed by atoms with E-state index in [1.165, 1.54) is 0 Å². The summed E-state index contributed by atoms with van der Waals surface area (Å²) in [6.45, 7) is 5.59. The van der Waals surface area contributed by atoms with Crippen molar-refractivity contribution in [2.75, 3.05) is 45.7 Å². The van der Waals surface area contributed by atoms with Crippen molar-refractivity contribution in [1.29, 1.82) is 0 Å². The summed E-state index contributed by atoms with van der Waals surface area (Å²) in [6, 6.07) is 6.05. The van der Waals surface area contributed by atoms with Gasteiger partial charge in [0.05, 0.1) is 6.61 Å². The zero-order valence-electron chi connectivity index (χ0n) is 11.9. The number of nitrogens with zero attached hydrogens (tertiary/aromatic N) is 1. The number of benzene rings is 1. The quantitative estimate of drug-likeness (QED) is 0.709. The third kappa shape index (κ3) is 5.55. The molecule has 1 aromatic rings. The fourth-order valence-electron chi connectivity index (χ4n) is 1.80. The summed E-state index contributed by atoms with van der Waals surface area (Å²) >= 11 is 4.99. The molecule has 1 aromatic carbocycles. The number of anilines is 1. The van der Waals surface area contributed by atoms with Gasteiger partial charge in [-0.05, 0) is 37.7 Å². The second-order valence-corrected chi connectivity index (χ2v) is 5.06. The minimum Gasteiger partial charge on any atom is -0.389 e. The lowest BCUT2D eigenvalue weighted by Crippen LogP contribution is -2.28. The van der Waals surface area contributed by atoms with Crippen LogP contribution in [0.5, 0.6) is 0 Å². The zero-order valence-corrected chi connectivity index (χ0v) is 12.7. The Bertz CT molecular complexity index is 423. The smallest absolute Gasteiger partial charge is 0.104 e.